The number of likely N-dealkylation sites (tertiary alicyclic amines) is 1. The standard InChI is InChI=1S/C21H23ClN2O3/c1-14-4-6-17(16(22)11-14)23-21(25)13-24-8-2-3-18(24)15-5-7-19-20(12-15)27-10-9-26-19/h4-7,11-12,18H,2-3,8-10,13H2,1H3,(H,23,25)/t18-/m1/s1. The number of halogens is 1. The van der Waals surface area contributed by atoms with Gasteiger partial charge in [0.15, 0.2) is 11.5 Å². The number of rotatable bonds is 4. The minimum atomic E-state index is -0.0507. The van der Waals surface area contributed by atoms with Crippen LogP contribution >= 0.6 is 11.6 Å². The molecule has 1 N–H and O–H groups in total. The number of fused-ring (bicyclic) bond motifs is 1. The van der Waals surface area contributed by atoms with E-state index >= 15 is 0 Å². The van der Waals surface area contributed by atoms with Gasteiger partial charge in [-0.3, -0.25) is 9.69 Å². The summed E-state index contributed by atoms with van der Waals surface area (Å²) >= 11 is 6.23. The van der Waals surface area contributed by atoms with Gasteiger partial charge in [0.2, 0.25) is 5.91 Å². The van der Waals surface area contributed by atoms with Crippen molar-refractivity contribution in [3.05, 3.63) is 52.5 Å². The number of hydrogen-bond donors (Lipinski definition) is 1. The van der Waals surface area contributed by atoms with Gasteiger partial charge < -0.3 is 14.8 Å². The van der Waals surface area contributed by atoms with Gasteiger partial charge in [-0.1, -0.05) is 23.7 Å². The molecule has 2 aliphatic rings. The molecule has 0 unspecified atom stereocenters. The molecule has 5 nitrogen and oxygen atoms in total. The van der Waals surface area contributed by atoms with Crippen molar-refractivity contribution >= 4 is 23.2 Å². The zero-order chi connectivity index (χ0) is 18.8. The van der Waals surface area contributed by atoms with Gasteiger partial charge in [0.1, 0.15) is 13.2 Å². The van der Waals surface area contributed by atoms with Crippen molar-refractivity contribution in [1.29, 1.82) is 0 Å². The van der Waals surface area contributed by atoms with Crippen LogP contribution in [-0.2, 0) is 4.79 Å². The van der Waals surface area contributed by atoms with E-state index in [0.717, 1.165) is 42.0 Å². The van der Waals surface area contributed by atoms with E-state index in [1.54, 1.807) is 0 Å². The zero-order valence-corrected chi connectivity index (χ0v) is 16.1. The molecule has 1 atom stereocenters. The van der Waals surface area contributed by atoms with Crippen LogP contribution in [0, 0.1) is 6.92 Å². The topological polar surface area (TPSA) is 50.8 Å². The van der Waals surface area contributed by atoms with Gasteiger partial charge in [0.05, 0.1) is 17.3 Å². The van der Waals surface area contributed by atoms with Crippen LogP contribution in [0.25, 0.3) is 0 Å². The van der Waals surface area contributed by atoms with Crippen LogP contribution in [0.15, 0.2) is 36.4 Å². The first-order valence-corrected chi connectivity index (χ1v) is 9.67. The van der Waals surface area contributed by atoms with Gasteiger partial charge in [0, 0.05) is 6.04 Å². The van der Waals surface area contributed by atoms with Crippen molar-refractivity contribution in [3.8, 4) is 11.5 Å². The monoisotopic (exact) mass is 386 g/mol. The maximum Gasteiger partial charge on any atom is 0.238 e. The molecule has 2 heterocycles. The summed E-state index contributed by atoms with van der Waals surface area (Å²) in [4.78, 5) is 14.8. The summed E-state index contributed by atoms with van der Waals surface area (Å²) in [6.07, 6.45) is 2.09. The third kappa shape index (κ3) is 4.04. The minimum absolute atomic E-state index is 0.0507. The van der Waals surface area contributed by atoms with E-state index < -0.39 is 0 Å². The number of ether oxygens (including phenoxy) is 2. The second kappa shape index (κ2) is 7.79. The second-order valence-corrected chi connectivity index (χ2v) is 7.47. The Hall–Kier alpha value is -2.24. The van der Waals surface area contributed by atoms with Crippen molar-refractivity contribution in [3.63, 3.8) is 0 Å². The van der Waals surface area contributed by atoms with Crippen LogP contribution < -0.4 is 14.8 Å². The van der Waals surface area contributed by atoms with Crippen molar-refractivity contribution in [1.82, 2.24) is 4.90 Å². The number of nitrogens with zero attached hydrogens (tertiary/aromatic N) is 1. The third-order valence-electron chi connectivity index (χ3n) is 5.06. The highest BCUT2D eigenvalue weighted by molar-refractivity contribution is 6.33. The van der Waals surface area contributed by atoms with Crippen LogP contribution in [0.4, 0.5) is 5.69 Å². The summed E-state index contributed by atoms with van der Waals surface area (Å²) in [7, 11) is 0. The maximum atomic E-state index is 12.6. The second-order valence-electron chi connectivity index (χ2n) is 7.06. The van der Waals surface area contributed by atoms with Crippen molar-refractivity contribution in [2.24, 2.45) is 0 Å². The number of carbonyl (C=O) groups excluding carboxylic acids is 1. The van der Waals surface area contributed by atoms with Crippen LogP contribution in [0.2, 0.25) is 5.02 Å². The summed E-state index contributed by atoms with van der Waals surface area (Å²) in [6.45, 7) is 4.37. The predicted octanol–water partition coefficient (Wildman–Crippen LogP) is 4.20. The number of anilines is 1. The summed E-state index contributed by atoms with van der Waals surface area (Å²) in [5.41, 5.74) is 2.89. The highest BCUT2D eigenvalue weighted by Gasteiger charge is 2.28. The minimum Gasteiger partial charge on any atom is -0.486 e. The fourth-order valence-electron chi connectivity index (χ4n) is 3.76. The van der Waals surface area contributed by atoms with Crippen LogP contribution in [-0.4, -0.2) is 37.1 Å². The zero-order valence-electron chi connectivity index (χ0n) is 15.3. The van der Waals surface area contributed by atoms with Crippen LogP contribution in [0.1, 0.15) is 30.0 Å². The molecule has 1 fully saturated rings. The van der Waals surface area contributed by atoms with E-state index in [1.165, 1.54) is 0 Å². The van der Waals surface area contributed by atoms with E-state index in [4.69, 9.17) is 21.1 Å². The third-order valence-corrected chi connectivity index (χ3v) is 5.37. The smallest absolute Gasteiger partial charge is 0.238 e. The molecule has 27 heavy (non-hydrogen) atoms. The van der Waals surface area contributed by atoms with E-state index in [1.807, 2.05) is 37.3 Å². The lowest BCUT2D eigenvalue weighted by Crippen LogP contribution is -2.33. The van der Waals surface area contributed by atoms with Gasteiger partial charge in [-0.2, -0.15) is 0 Å². The summed E-state index contributed by atoms with van der Waals surface area (Å²) in [6, 6.07) is 11.9. The molecule has 142 valence electrons. The molecule has 2 aromatic carbocycles. The number of aryl methyl sites for hydroxylation is 1. The first-order valence-electron chi connectivity index (χ1n) is 9.30. The first kappa shape index (κ1) is 18.1. The first-order chi connectivity index (χ1) is 13.1. The highest BCUT2D eigenvalue weighted by atomic mass is 35.5. The molecule has 6 heteroatoms. The number of hydrogen-bond acceptors (Lipinski definition) is 4. The normalized spacial score (nSPS) is 19.1. The maximum absolute atomic E-state index is 12.6. The molecule has 0 saturated carbocycles. The lowest BCUT2D eigenvalue weighted by Gasteiger charge is -2.26. The van der Waals surface area contributed by atoms with E-state index in [-0.39, 0.29) is 11.9 Å². The van der Waals surface area contributed by atoms with Crippen molar-refractivity contribution < 1.29 is 14.3 Å². The highest BCUT2D eigenvalue weighted by Crippen LogP contribution is 2.38. The summed E-state index contributed by atoms with van der Waals surface area (Å²) in [5.74, 6) is 1.54. The Morgan fingerprint density at radius 1 is 1.19 bits per heavy atom. The summed E-state index contributed by atoms with van der Waals surface area (Å²) < 4.78 is 11.3. The molecule has 0 aromatic heterocycles. The molecule has 2 aromatic rings. The largest absolute Gasteiger partial charge is 0.486 e. The molecular weight excluding hydrogens is 364 g/mol. The molecule has 0 spiro atoms. The van der Waals surface area contributed by atoms with E-state index in [9.17, 15) is 4.79 Å². The lowest BCUT2D eigenvalue weighted by molar-refractivity contribution is -0.117. The molecule has 1 saturated heterocycles. The molecule has 4 rings (SSSR count). The average molecular weight is 387 g/mol. The van der Waals surface area contributed by atoms with Gasteiger partial charge in [0.25, 0.3) is 0 Å². The van der Waals surface area contributed by atoms with Gasteiger partial charge >= 0.3 is 0 Å². The van der Waals surface area contributed by atoms with Gasteiger partial charge in [-0.05, 0) is 61.7 Å². The molecule has 1 amide bonds. The van der Waals surface area contributed by atoms with Crippen molar-refractivity contribution in [2.45, 2.75) is 25.8 Å². The number of amides is 1. The Morgan fingerprint density at radius 2 is 2.00 bits per heavy atom. The number of nitrogens with one attached hydrogen (secondary N) is 1. The Morgan fingerprint density at radius 3 is 2.81 bits per heavy atom. The lowest BCUT2D eigenvalue weighted by atomic mass is 10.0. The van der Waals surface area contributed by atoms with Crippen LogP contribution in [0.5, 0.6) is 11.5 Å². The quantitative estimate of drug-likeness (QED) is 0.855. The predicted molar refractivity (Wildman–Crippen MR) is 106 cm³/mol. The van der Waals surface area contributed by atoms with Crippen LogP contribution in [0.3, 0.4) is 0 Å². The number of carbonyl (C=O) groups is 1. The molecule has 2 aliphatic heterocycles. The fraction of sp³-hybridized carbons (Fsp3) is 0.381. The SMILES string of the molecule is Cc1ccc(NC(=O)CN2CCC[C@@H]2c2ccc3c(c2)OCCO3)c(Cl)c1. The Labute approximate surface area is 164 Å². The Kier molecular flexibility index (Phi) is 5.23. The fourth-order valence-corrected chi connectivity index (χ4v) is 4.04. The van der Waals surface area contributed by atoms with Crippen molar-refractivity contribution in [2.75, 3.05) is 31.6 Å². The van der Waals surface area contributed by atoms with Gasteiger partial charge in [-0.25, -0.2) is 0 Å². The molecular formula is C21H23ClN2O3. The molecule has 0 radical (unpaired) electrons. The average Bonchev–Trinajstić information content (AvgIpc) is 3.11. The Balaban J connectivity index is 1.44. The summed E-state index contributed by atoms with van der Waals surface area (Å²) in [5, 5.41) is 3.49. The molecule has 0 aliphatic carbocycles. The number of benzene rings is 2. The van der Waals surface area contributed by atoms with E-state index in [0.29, 0.717) is 30.5 Å². The van der Waals surface area contributed by atoms with Gasteiger partial charge in [-0.15, -0.1) is 0 Å². The molecule has 0 bridgehead atoms. The van der Waals surface area contributed by atoms with E-state index in [2.05, 4.69) is 16.3 Å². The Bertz CT molecular complexity index is 855.